The fraction of sp³-hybridized carbons (Fsp3) is 0.400. The number of nitrogens with one attached hydrogen (secondary N) is 4. The van der Waals surface area contributed by atoms with Gasteiger partial charge in [0.15, 0.2) is 46.3 Å². The number of carbonyl (C=O) groups is 6. The smallest absolute Gasteiger partial charge is 0.407 e. The first-order chi connectivity index (χ1) is 35.4. The number of hydrogen-bond acceptors (Lipinski definition) is 12. The average Bonchev–Trinajstić information content (AvgIpc) is 3.33. The predicted molar refractivity (Wildman–Crippen MR) is 270 cm³/mol. The number of Topliss-reactive ketones (excluding diaryl/α,β-unsaturated/α-hetero) is 2. The number of alkyl halides is 1. The van der Waals surface area contributed by atoms with Crippen LogP contribution in [0.2, 0.25) is 0 Å². The summed E-state index contributed by atoms with van der Waals surface area (Å²) in [7, 11) is 0. The zero-order valence-corrected chi connectivity index (χ0v) is 42.8. The Labute approximate surface area is 435 Å². The number of aromatic hydroxyl groups is 1. The largest absolute Gasteiger partial charge is 0.503 e. The van der Waals surface area contributed by atoms with Crippen molar-refractivity contribution >= 4 is 58.5 Å². The van der Waals surface area contributed by atoms with Crippen molar-refractivity contribution in [1.82, 2.24) is 21.3 Å². The summed E-state index contributed by atoms with van der Waals surface area (Å²) in [6.45, 7) is 10.5. The Kier molecular flexibility index (Phi) is 27.1. The Morgan fingerprint density at radius 2 is 1.00 bits per heavy atom. The van der Waals surface area contributed by atoms with Gasteiger partial charge in [0, 0.05) is 45.4 Å². The molecule has 0 aromatic heterocycles. The van der Waals surface area contributed by atoms with Gasteiger partial charge in [-0.1, -0.05) is 46.6 Å². The molecule has 0 heterocycles. The van der Waals surface area contributed by atoms with Crippen LogP contribution in [0.25, 0.3) is 20.9 Å². The fourth-order valence-electron chi connectivity index (χ4n) is 6.04. The van der Waals surface area contributed by atoms with E-state index in [-0.39, 0.29) is 41.4 Å². The SMILES string of the molecule is CC(C)(C)OC(=O)NCCCC[C@H](NC(=O)c1cccc(N=[N+]=[N-])c1)C(=O)CCl.CC(C)(C)OC(=O)NCCCC[C@H](NC(=O)c1cccc(N=[N+]=[N-])c1)C(=O)COc1c(F)cccc1F.Oc1c(F)cccc1F. The molecule has 4 aromatic carbocycles. The molecule has 404 valence electrons. The van der Waals surface area contributed by atoms with Crippen molar-refractivity contribution < 1.29 is 65.6 Å². The van der Waals surface area contributed by atoms with Crippen LogP contribution in [0.1, 0.15) is 101 Å². The Hall–Kier alpha value is -8.07. The van der Waals surface area contributed by atoms with E-state index in [2.05, 4.69) is 41.3 Å². The number of hydrogen-bond donors (Lipinski definition) is 5. The Bertz CT molecular complexity index is 2640. The minimum atomic E-state index is -1.05. The van der Waals surface area contributed by atoms with Crippen molar-refractivity contribution in [3.63, 3.8) is 0 Å². The van der Waals surface area contributed by atoms with Crippen molar-refractivity contribution in [2.24, 2.45) is 10.2 Å². The number of rotatable bonds is 22. The predicted octanol–water partition coefficient (Wildman–Crippen LogP) is 11.2. The maximum atomic E-state index is 13.9. The third kappa shape index (κ3) is 25.4. The molecular weight excluding hydrogens is 1010 g/mol. The summed E-state index contributed by atoms with van der Waals surface area (Å²) in [5, 5.41) is 25.9. The summed E-state index contributed by atoms with van der Waals surface area (Å²) in [6.07, 6.45) is 1.54. The van der Waals surface area contributed by atoms with E-state index in [0.717, 1.165) is 30.3 Å². The van der Waals surface area contributed by atoms with Crippen LogP contribution in [0, 0.1) is 23.3 Å². The maximum absolute atomic E-state index is 13.9. The van der Waals surface area contributed by atoms with Gasteiger partial charge in [-0.15, -0.1) is 11.6 Å². The second kappa shape index (κ2) is 32.2. The van der Waals surface area contributed by atoms with Crippen LogP contribution in [0.3, 0.4) is 0 Å². The molecule has 4 rings (SSSR count). The zero-order valence-electron chi connectivity index (χ0n) is 42.0. The van der Waals surface area contributed by atoms with Gasteiger partial charge in [-0.2, -0.15) is 0 Å². The summed E-state index contributed by atoms with van der Waals surface area (Å²) in [6, 6.07) is 16.5. The third-order valence-electron chi connectivity index (χ3n) is 9.45. The number of ketones is 2. The number of benzene rings is 4. The lowest BCUT2D eigenvalue weighted by Gasteiger charge is -2.20. The van der Waals surface area contributed by atoms with Crippen LogP contribution >= 0.6 is 11.6 Å². The summed E-state index contributed by atoms with van der Waals surface area (Å²) >= 11 is 5.66. The van der Waals surface area contributed by atoms with Crippen molar-refractivity contribution in [2.45, 2.75) is 103 Å². The van der Waals surface area contributed by atoms with Gasteiger partial charge in [0.2, 0.25) is 0 Å². The number of phenolic OH excluding ortho intramolecular Hbond substituents is 1. The standard InChI is InChI=1S/C25H29F2N5O5.C19H26ClN5O4.C6H4F2O/c1-25(2,3)37-24(35)29-13-5-4-12-20(21(33)15-36-22-18(26)10-7-11-19(22)27)30-23(34)16-8-6-9-17(14-16)31-32-28;1-19(2,3)29-18(28)22-10-5-4-9-15(16(26)12-20)23-17(27)13-7-6-8-14(11-13)24-25-21;7-4-2-1-3-5(8)6(4)9/h6-11,14,20H,4-5,12-13,15H2,1-3H3,(H,29,35)(H,30,34);6-8,11,15H,4-5,9-10,12H2,1-3H3,(H,22,28)(H,23,27);1-3,9H/t20-;15-;/m00./s1. The maximum Gasteiger partial charge on any atom is 0.407 e. The number of alkyl carbamates (subject to hydrolysis) is 2. The number of amides is 4. The van der Waals surface area contributed by atoms with Gasteiger partial charge in [-0.3, -0.25) is 19.2 Å². The van der Waals surface area contributed by atoms with Crippen molar-refractivity contribution in [1.29, 1.82) is 0 Å². The number of unbranched alkanes of at least 4 members (excludes halogenated alkanes) is 2. The first-order valence-electron chi connectivity index (χ1n) is 23.0. The fourth-order valence-corrected chi connectivity index (χ4v) is 6.22. The van der Waals surface area contributed by atoms with E-state index < -0.39 is 94.4 Å². The van der Waals surface area contributed by atoms with Crippen LogP contribution in [0.4, 0.5) is 38.5 Å². The molecule has 4 amide bonds. The number of azide groups is 2. The Morgan fingerprint density at radius 1 is 0.613 bits per heavy atom. The number of phenols is 1. The van der Waals surface area contributed by atoms with Gasteiger partial charge in [0.1, 0.15) is 17.8 Å². The molecule has 0 aliphatic carbocycles. The molecule has 75 heavy (non-hydrogen) atoms. The molecule has 4 aromatic rings. The molecule has 0 unspecified atom stereocenters. The molecule has 25 heteroatoms. The van der Waals surface area contributed by atoms with Gasteiger partial charge < -0.3 is 40.6 Å². The summed E-state index contributed by atoms with van der Waals surface area (Å²) in [5.41, 5.74) is 16.8. The van der Waals surface area contributed by atoms with Crippen molar-refractivity contribution in [3.8, 4) is 11.5 Å². The van der Waals surface area contributed by atoms with Gasteiger partial charge in [-0.05, 0) is 140 Å². The molecule has 0 aliphatic rings. The lowest BCUT2D eigenvalue weighted by molar-refractivity contribution is -0.123. The minimum absolute atomic E-state index is 0.148. The molecule has 5 N–H and O–H groups in total. The number of nitrogens with zero attached hydrogens (tertiary/aromatic N) is 6. The van der Waals surface area contributed by atoms with Crippen LogP contribution in [0.5, 0.6) is 11.5 Å². The van der Waals surface area contributed by atoms with Crippen LogP contribution in [0.15, 0.2) is 95.2 Å². The van der Waals surface area contributed by atoms with E-state index >= 15 is 0 Å². The molecule has 20 nitrogen and oxygen atoms in total. The summed E-state index contributed by atoms with van der Waals surface area (Å²) in [5.74, 6) is -7.61. The van der Waals surface area contributed by atoms with Crippen LogP contribution < -0.4 is 26.0 Å². The zero-order chi connectivity index (χ0) is 56.1. The first kappa shape index (κ1) is 63.0. The summed E-state index contributed by atoms with van der Waals surface area (Å²) < 4.78 is 67.3. The average molecular weight is 1070 g/mol. The van der Waals surface area contributed by atoms with E-state index in [4.69, 9.17) is 42.0 Å². The lowest BCUT2D eigenvalue weighted by Crippen LogP contribution is -2.43. The topological polar surface area (TPSA) is 296 Å². The van der Waals surface area contributed by atoms with E-state index in [1.54, 1.807) is 59.7 Å². The second-order valence-corrected chi connectivity index (χ2v) is 18.1. The first-order valence-corrected chi connectivity index (χ1v) is 23.6. The van der Waals surface area contributed by atoms with Crippen LogP contribution in [-0.2, 0) is 19.1 Å². The molecule has 0 aliphatic heterocycles. The van der Waals surface area contributed by atoms with E-state index in [1.165, 1.54) is 36.4 Å². The highest BCUT2D eigenvalue weighted by Gasteiger charge is 2.24. The Morgan fingerprint density at radius 3 is 1.37 bits per heavy atom. The van der Waals surface area contributed by atoms with Gasteiger partial charge in [0.25, 0.3) is 11.8 Å². The van der Waals surface area contributed by atoms with Crippen molar-refractivity contribution in [3.05, 3.63) is 140 Å². The molecule has 0 bridgehead atoms. The second-order valence-electron chi connectivity index (χ2n) is 17.9. The molecule has 2 atom stereocenters. The van der Waals surface area contributed by atoms with Gasteiger partial charge in [-0.25, -0.2) is 27.2 Å². The highest BCUT2D eigenvalue weighted by molar-refractivity contribution is 6.28. The quantitative estimate of drug-likeness (QED) is 0.0124. The van der Waals surface area contributed by atoms with E-state index in [0.29, 0.717) is 44.3 Å². The Balaban J connectivity index is 0.000000448. The summed E-state index contributed by atoms with van der Waals surface area (Å²) in [4.78, 5) is 78.9. The number of halogens is 5. The molecule has 0 saturated carbocycles. The van der Waals surface area contributed by atoms with Gasteiger partial charge in [0.05, 0.1) is 18.0 Å². The van der Waals surface area contributed by atoms with Crippen LogP contribution in [-0.4, -0.2) is 89.5 Å². The third-order valence-corrected chi connectivity index (χ3v) is 9.71. The molecule has 0 radical (unpaired) electrons. The highest BCUT2D eigenvalue weighted by Crippen LogP contribution is 2.22. The van der Waals surface area contributed by atoms with E-state index in [9.17, 15) is 46.3 Å². The van der Waals surface area contributed by atoms with E-state index in [1.807, 2.05) is 0 Å². The van der Waals surface area contributed by atoms with Gasteiger partial charge >= 0.3 is 12.2 Å². The number of carbonyl (C=O) groups excluding carboxylic acids is 6. The molecule has 0 saturated heterocycles. The lowest BCUT2D eigenvalue weighted by atomic mass is 10.0. The minimum Gasteiger partial charge on any atom is -0.503 e. The molecule has 0 fully saturated rings. The monoisotopic (exact) mass is 1070 g/mol. The van der Waals surface area contributed by atoms with Crippen molar-refractivity contribution in [2.75, 3.05) is 25.6 Å². The normalized spacial score (nSPS) is 11.4. The molecule has 0 spiro atoms. The number of ether oxygens (including phenoxy) is 3. The molecular formula is C50H59ClF4N10O10. The highest BCUT2D eigenvalue weighted by atomic mass is 35.5. The number of para-hydroxylation sites is 2.